The van der Waals surface area contributed by atoms with E-state index in [-0.39, 0.29) is 6.04 Å². The predicted octanol–water partition coefficient (Wildman–Crippen LogP) is 2.43. The molecule has 0 radical (unpaired) electrons. The highest BCUT2D eigenvalue weighted by Gasteiger charge is 2.14. The molecule has 1 aromatic rings. The average Bonchev–Trinajstić information content (AvgIpc) is 2.76. The maximum atomic E-state index is 5.55. The minimum absolute atomic E-state index is 0.276. The second-order valence-electron chi connectivity index (χ2n) is 5.13. The molecule has 1 atom stereocenters. The predicted molar refractivity (Wildman–Crippen MR) is 71.3 cm³/mol. The molecule has 5 heteroatoms. The summed E-state index contributed by atoms with van der Waals surface area (Å²) in [5.74, 6) is 0.646. The van der Waals surface area contributed by atoms with Crippen LogP contribution in [0.25, 0.3) is 0 Å². The summed E-state index contributed by atoms with van der Waals surface area (Å²) in [6, 6.07) is 0.795. The second-order valence-corrected chi connectivity index (χ2v) is 5.13. The number of aromatic nitrogens is 2. The van der Waals surface area contributed by atoms with Crippen molar-refractivity contribution in [2.24, 2.45) is 0 Å². The van der Waals surface area contributed by atoms with E-state index in [1.165, 1.54) is 31.3 Å². The summed E-state index contributed by atoms with van der Waals surface area (Å²) in [5, 5.41) is 11.3. The highest BCUT2D eigenvalue weighted by atomic mass is 16.4. The molecule has 0 spiro atoms. The van der Waals surface area contributed by atoms with Crippen molar-refractivity contribution < 1.29 is 4.42 Å². The Kier molecular flexibility index (Phi) is 4.36. The van der Waals surface area contributed by atoms with Crippen LogP contribution in [-0.4, -0.2) is 35.2 Å². The largest absolute Gasteiger partial charge is 0.407 e. The Morgan fingerprint density at radius 2 is 2.22 bits per heavy atom. The Morgan fingerprint density at radius 1 is 1.39 bits per heavy atom. The molecular weight excluding hydrogens is 228 g/mol. The van der Waals surface area contributed by atoms with E-state index in [0.717, 1.165) is 0 Å². The molecule has 0 bridgehead atoms. The van der Waals surface area contributed by atoms with Crippen molar-refractivity contribution in [3.05, 3.63) is 17.5 Å². The lowest BCUT2D eigenvalue weighted by Gasteiger charge is -2.19. The Labute approximate surface area is 108 Å². The molecule has 0 saturated heterocycles. The van der Waals surface area contributed by atoms with Crippen LogP contribution in [0.1, 0.15) is 38.5 Å². The van der Waals surface area contributed by atoms with Gasteiger partial charge in [0.05, 0.1) is 6.54 Å². The Balaban J connectivity index is 1.92. The van der Waals surface area contributed by atoms with E-state index >= 15 is 0 Å². The number of anilines is 1. The molecule has 100 valence electrons. The van der Waals surface area contributed by atoms with Crippen molar-refractivity contribution in [1.29, 1.82) is 0 Å². The zero-order valence-corrected chi connectivity index (χ0v) is 11.4. The van der Waals surface area contributed by atoms with Crippen LogP contribution >= 0.6 is 0 Å². The first kappa shape index (κ1) is 13.1. The highest BCUT2D eigenvalue weighted by Crippen LogP contribution is 2.22. The number of nitrogens with zero attached hydrogens (tertiary/aromatic N) is 3. The van der Waals surface area contributed by atoms with E-state index in [1.807, 2.05) is 19.0 Å². The molecule has 1 unspecified atom stereocenters. The molecule has 1 aromatic heterocycles. The van der Waals surface area contributed by atoms with E-state index in [9.17, 15) is 0 Å². The maximum absolute atomic E-state index is 5.55. The van der Waals surface area contributed by atoms with Crippen molar-refractivity contribution in [3.63, 3.8) is 0 Å². The smallest absolute Gasteiger partial charge is 0.315 e. The quantitative estimate of drug-likeness (QED) is 0.813. The molecule has 1 aliphatic carbocycles. The minimum Gasteiger partial charge on any atom is -0.407 e. The summed E-state index contributed by atoms with van der Waals surface area (Å²) in [6.45, 7) is 2.82. The lowest BCUT2D eigenvalue weighted by Crippen LogP contribution is -2.19. The van der Waals surface area contributed by atoms with E-state index < -0.39 is 0 Å². The maximum Gasteiger partial charge on any atom is 0.315 e. The van der Waals surface area contributed by atoms with Gasteiger partial charge in [-0.2, -0.15) is 0 Å². The molecule has 1 heterocycles. The third-order valence-electron chi connectivity index (χ3n) is 3.14. The van der Waals surface area contributed by atoms with Gasteiger partial charge in [0.2, 0.25) is 5.89 Å². The van der Waals surface area contributed by atoms with Gasteiger partial charge in [0, 0.05) is 6.04 Å². The van der Waals surface area contributed by atoms with Gasteiger partial charge in [-0.15, -0.1) is 5.10 Å². The highest BCUT2D eigenvalue weighted by molar-refractivity contribution is 5.27. The Bertz CT molecular complexity index is 411. The van der Waals surface area contributed by atoms with Crippen LogP contribution in [0.3, 0.4) is 0 Å². The summed E-state index contributed by atoms with van der Waals surface area (Å²) in [6.07, 6.45) is 7.29. The first-order valence-corrected chi connectivity index (χ1v) is 6.57. The van der Waals surface area contributed by atoms with Crippen molar-refractivity contribution in [2.45, 2.75) is 45.2 Å². The Hall–Kier alpha value is -1.36. The molecule has 5 nitrogen and oxygen atoms in total. The summed E-state index contributed by atoms with van der Waals surface area (Å²) >= 11 is 0. The number of hydrogen-bond acceptors (Lipinski definition) is 5. The van der Waals surface area contributed by atoms with E-state index in [4.69, 9.17) is 4.42 Å². The normalized spacial score (nSPS) is 17.7. The Morgan fingerprint density at radius 3 is 2.89 bits per heavy atom. The van der Waals surface area contributed by atoms with E-state index in [2.05, 4.69) is 28.5 Å². The lowest BCUT2D eigenvalue weighted by molar-refractivity contribution is 0.344. The molecular formula is C13H22N4O. The number of rotatable bonds is 5. The molecule has 0 aromatic carbocycles. The third kappa shape index (κ3) is 3.57. The van der Waals surface area contributed by atoms with Gasteiger partial charge in [-0.05, 0) is 46.7 Å². The topological polar surface area (TPSA) is 54.2 Å². The number of hydrogen-bond donors (Lipinski definition) is 1. The van der Waals surface area contributed by atoms with E-state index in [0.29, 0.717) is 18.5 Å². The van der Waals surface area contributed by atoms with Gasteiger partial charge in [-0.1, -0.05) is 16.7 Å². The summed E-state index contributed by atoms with van der Waals surface area (Å²) < 4.78 is 5.55. The van der Waals surface area contributed by atoms with Gasteiger partial charge in [0.15, 0.2) is 0 Å². The summed E-state index contributed by atoms with van der Waals surface area (Å²) in [4.78, 5) is 2.00. The fourth-order valence-electron chi connectivity index (χ4n) is 2.18. The van der Waals surface area contributed by atoms with Crippen molar-refractivity contribution in [2.75, 3.05) is 19.4 Å². The van der Waals surface area contributed by atoms with Crippen LogP contribution < -0.4 is 5.32 Å². The van der Waals surface area contributed by atoms with Gasteiger partial charge in [0.1, 0.15) is 0 Å². The zero-order chi connectivity index (χ0) is 13.0. The fourth-order valence-corrected chi connectivity index (χ4v) is 2.18. The zero-order valence-electron chi connectivity index (χ0n) is 11.4. The van der Waals surface area contributed by atoms with Gasteiger partial charge in [-0.25, -0.2) is 0 Å². The molecule has 0 saturated carbocycles. The van der Waals surface area contributed by atoms with Crippen LogP contribution in [0.5, 0.6) is 0 Å². The fraction of sp³-hybridized carbons (Fsp3) is 0.692. The summed E-state index contributed by atoms with van der Waals surface area (Å²) in [7, 11) is 3.96. The first-order valence-electron chi connectivity index (χ1n) is 6.57. The molecule has 18 heavy (non-hydrogen) atoms. The standard InChI is InChI=1S/C13H22N4O/c1-10(11-7-5-4-6-8-11)14-13-16-15-12(18-13)9-17(2)3/h7,10H,4-6,8-9H2,1-3H3,(H,14,16). The van der Waals surface area contributed by atoms with Crippen LogP contribution in [0.2, 0.25) is 0 Å². The average molecular weight is 250 g/mol. The first-order chi connectivity index (χ1) is 8.65. The van der Waals surface area contributed by atoms with Crippen LogP contribution in [0.15, 0.2) is 16.1 Å². The van der Waals surface area contributed by atoms with Gasteiger partial charge < -0.3 is 14.6 Å². The van der Waals surface area contributed by atoms with Crippen molar-refractivity contribution in [1.82, 2.24) is 15.1 Å². The second kappa shape index (κ2) is 6.00. The lowest BCUT2D eigenvalue weighted by atomic mass is 9.95. The SMILES string of the molecule is CC(Nc1nnc(CN(C)C)o1)C1=CCCCC1. The van der Waals surface area contributed by atoms with Crippen molar-refractivity contribution in [3.8, 4) is 0 Å². The molecule has 1 N–H and O–H groups in total. The van der Waals surface area contributed by atoms with Gasteiger partial charge in [-0.3, -0.25) is 0 Å². The van der Waals surface area contributed by atoms with Crippen LogP contribution in [-0.2, 0) is 6.54 Å². The monoisotopic (exact) mass is 250 g/mol. The minimum atomic E-state index is 0.276. The summed E-state index contributed by atoms with van der Waals surface area (Å²) in [5.41, 5.74) is 1.45. The molecule has 0 amide bonds. The van der Waals surface area contributed by atoms with Crippen molar-refractivity contribution >= 4 is 6.01 Å². The molecule has 0 fully saturated rings. The molecule has 1 aliphatic rings. The molecule has 2 rings (SSSR count). The number of nitrogens with one attached hydrogen (secondary N) is 1. The van der Waals surface area contributed by atoms with E-state index in [1.54, 1.807) is 0 Å². The van der Waals surface area contributed by atoms with Crippen LogP contribution in [0, 0.1) is 0 Å². The van der Waals surface area contributed by atoms with Gasteiger partial charge in [0.25, 0.3) is 0 Å². The number of allylic oxidation sites excluding steroid dienone is 1. The van der Waals surface area contributed by atoms with Gasteiger partial charge >= 0.3 is 6.01 Å². The van der Waals surface area contributed by atoms with Crippen LogP contribution in [0.4, 0.5) is 6.01 Å². The third-order valence-corrected chi connectivity index (χ3v) is 3.14. The molecule has 0 aliphatic heterocycles.